The number of unbranched alkanes of at least 4 members (excludes halogenated alkanes) is 22. The molecule has 0 atom stereocenters. The second-order valence-corrected chi connectivity index (χ2v) is 14.0. The van der Waals surface area contributed by atoms with Crippen molar-refractivity contribution in [3.63, 3.8) is 0 Å². The number of allylic oxidation sites excluding steroid dienone is 8. The zero-order valence-corrected chi connectivity index (χ0v) is 32.7. The van der Waals surface area contributed by atoms with Crippen LogP contribution in [-0.2, 0) is 9.53 Å². The van der Waals surface area contributed by atoms with Gasteiger partial charge in [0.25, 0.3) is 0 Å². The van der Waals surface area contributed by atoms with Crippen molar-refractivity contribution in [2.24, 2.45) is 0 Å². The van der Waals surface area contributed by atoms with E-state index in [4.69, 9.17) is 4.74 Å². The zero-order valence-electron chi connectivity index (χ0n) is 32.7. The van der Waals surface area contributed by atoms with Crippen LogP contribution in [0.1, 0.15) is 207 Å². The monoisotopic (exact) mass is 670 g/mol. The first kappa shape index (κ1) is 46.4. The molecule has 3 nitrogen and oxygen atoms in total. The highest BCUT2D eigenvalue weighted by molar-refractivity contribution is 5.69. The first-order valence-corrected chi connectivity index (χ1v) is 21.2. The van der Waals surface area contributed by atoms with Crippen molar-refractivity contribution in [1.82, 2.24) is 4.90 Å². The molecule has 3 heteroatoms. The minimum absolute atomic E-state index is 0.0437. The molecule has 0 fully saturated rings. The first-order valence-electron chi connectivity index (χ1n) is 21.2. The van der Waals surface area contributed by atoms with Crippen LogP contribution in [0.2, 0.25) is 0 Å². The van der Waals surface area contributed by atoms with Crippen LogP contribution in [-0.4, -0.2) is 37.1 Å². The third-order valence-corrected chi connectivity index (χ3v) is 9.29. The molecular weight excluding hydrogens is 587 g/mol. The number of carbonyl (C=O) groups is 1. The van der Waals surface area contributed by atoms with E-state index in [2.05, 4.69) is 67.4 Å². The summed E-state index contributed by atoms with van der Waals surface area (Å²) < 4.78 is 5.20. The molecule has 0 saturated carbocycles. The van der Waals surface area contributed by atoms with Crippen molar-refractivity contribution < 1.29 is 9.53 Å². The van der Waals surface area contributed by atoms with Crippen LogP contribution in [0.3, 0.4) is 0 Å². The molecule has 0 aromatic carbocycles. The Morgan fingerprint density at radius 1 is 0.417 bits per heavy atom. The summed E-state index contributed by atoms with van der Waals surface area (Å²) in [6.07, 6.45) is 56.0. The Bertz CT molecular complexity index is 700. The first-order chi connectivity index (χ1) is 23.7. The van der Waals surface area contributed by atoms with Gasteiger partial charge in [-0.3, -0.25) is 4.79 Å². The number of esters is 1. The smallest absolute Gasteiger partial charge is 0.307 e. The highest BCUT2D eigenvalue weighted by Gasteiger charge is 2.09. The van der Waals surface area contributed by atoms with Crippen molar-refractivity contribution in [3.8, 4) is 0 Å². The van der Waals surface area contributed by atoms with E-state index in [9.17, 15) is 4.79 Å². The lowest BCUT2D eigenvalue weighted by atomic mass is 10.1. The van der Waals surface area contributed by atoms with Gasteiger partial charge in [-0.1, -0.05) is 165 Å². The average Bonchev–Trinajstić information content (AvgIpc) is 3.09. The van der Waals surface area contributed by atoms with E-state index < -0.39 is 0 Å². The van der Waals surface area contributed by atoms with Gasteiger partial charge in [0, 0.05) is 6.54 Å². The van der Waals surface area contributed by atoms with E-state index in [1.165, 1.54) is 167 Å². The molecule has 280 valence electrons. The Balaban J connectivity index is 3.80. The maximum Gasteiger partial charge on any atom is 0.307 e. The van der Waals surface area contributed by atoms with Gasteiger partial charge in [-0.15, -0.1) is 0 Å². The highest BCUT2D eigenvalue weighted by Crippen LogP contribution is 2.13. The van der Waals surface area contributed by atoms with Gasteiger partial charge < -0.3 is 9.64 Å². The molecule has 0 spiro atoms. The lowest BCUT2D eigenvalue weighted by Gasteiger charge is -2.22. The predicted molar refractivity (Wildman–Crippen MR) is 215 cm³/mol. The van der Waals surface area contributed by atoms with E-state index in [1.54, 1.807) is 0 Å². The van der Waals surface area contributed by atoms with Crippen LogP contribution in [0, 0.1) is 0 Å². The van der Waals surface area contributed by atoms with Crippen molar-refractivity contribution in [1.29, 1.82) is 0 Å². The predicted octanol–water partition coefficient (Wildman–Crippen LogP) is 14.4. The maximum atomic E-state index is 12.0. The summed E-state index contributed by atoms with van der Waals surface area (Å²) in [5, 5.41) is 0. The summed E-state index contributed by atoms with van der Waals surface area (Å²) in [7, 11) is 0. The second-order valence-electron chi connectivity index (χ2n) is 14.0. The topological polar surface area (TPSA) is 29.5 Å². The van der Waals surface area contributed by atoms with Gasteiger partial charge in [-0.25, -0.2) is 0 Å². The largest absolute Gasteiger partial charge is 0.466 e. The summed E-state index contributed by atoms with van der Waals surface area (Å²) in [4.78, 5) is 14.5. The van der Waals surface area contributed by atoms with Gasteiger partial charge >= 0.3 is 5.97 Å². The van der Waals surface area contributed by atoms with Gasteiger partial charge in [0.15, 0.2) is 0 Å². The number of rotatable bonds is 38. The summed E-state index contributed by atoms with van der Waals surface area (Å²) in [5.41, 5.74) is 0. The van der Waals surface area contributed by atoms with Gasteiger partial charge in [0.1, 0.15) is 0 Å². The Labute approximate surface area is 301 Å². The van der Waals surface area contributed by atoms with E-state index in [0.717, 1.165) is 32.5 Å². The SMILES string of the molecule is CCCCC/C=C\C/C=C\CCCCCCCCCCN(CCCCCCCCCC/C=C\C/C=C\CCCCC)CCC(=O)OCC. The lowest BCUT2D eigenvalue weighted by molar-refractivity contribution is -0.143. The van der Waals surface area contributed by atoms with Crippen LogP contribution in [0.25, 0.3) is 0 Å². The molecule has 0 saturated heterocycles. The standard InChI is InChI=1S/C45H83NO2/c1-4-7-9-11-13-15-17-19-21-23-25-27-29-31-33-35-37-39-42-46(44-41-45(47)48-6-3)43-40-38-36-34-32-30-28-26-24-22-20-18-16-14-12-10-8-5-2/h13-16,19-22H,4-12,17-18,23-44H2,1-3H3/b15-13-,16-14-,21-19-,22-20-. The van der Waals surface area contributed by atoms with Crippen LogP contribution < -0.4 is 0 Å². The van der Waals surface area contributed by atoms with Crippen LogP contribution in [0.5, 0.6) is 0 Å². The molecule has 0 N–H and O–H groups in total. The zero-order chi connectivity index (χ0) is 34.9. The molecule has 0 heterocycles. The fourth-order valence-electron chi connectivity index (χ4n) is 6.17. The van der Waals surface area contributed by atoms with Crippen molar-refractivity contribution in [3.05, 3.63) is 48.6 Å². The molecule has 0 rings (SSSR count). The molecule has 48 heavy (non-hydrogen) atoms. The summed E-state index contributed by atoms with van der Waals surface area (Å²) in [5.74, 6) is -0.0437. The van der Waals surface area contributed by atoms with Gasteiger partial charge in [0.05, 0.1) is 13.0 Å². The van der Waals surface area contributed by atoms with Crippen LogP contribution in [0.4, 0.5) is 0 Å². The van der Waals surface area contributed by atoms with E-state index in [1.807, 2.05) is 6.92 Å². The summed E-state index contributed by atoms with van der Waals surface area (Å²) in [6.45, 7) is 10.0. The Morgan fingerprint density at radius 3 is 1.10 bits per heavy atom. The average molecular weight is 670 g/mol. The fourth-order valence-corrected chi connectivity index (χ4v) is 6.17. The summed E-state index contributed by atoms with van der Waals surface area (Å²) in [6, 6.07) is 0. The van der Waals surface area contributed by atoms with Gasteiger partial charge in [0.2, 0.25) is 0 Å². The number of carbonyl (C=O) groups excluding carboxylic acids is 1. The normalized spacial score (nSPS) is 12.2. The number of hydrogen-bond donors (Lipinski definition) is 0. The molecule has 0 aromatic heterocycles. The molecule has 0 radical (unpaired) electrons. The molecule has 0 aliphatic rings. The Hall–Kier alpha value is -1.61. The lowest BCUT2D eigenvalue weighted by Crippen LogP contribution is -2.29. The van der Waals surface area contributed by atoms with Crippen molar-refractivity contribution >= 4 is 5.97 Å². The number of ether oxygens (including phenoxy) is 1. The maximum absolute atomic E-state index is 12.0. The minimum Gasteiger partial charge on any atom is -0.466 e. The van der Waals surface area contributed by atoms with E-state index >= 15 is 0 Å². The molecule has 0 bridgehead atoms. The molecular formula is C45H83NO2. The quantitative estimate of drug-likeness (QED) is 0.0372. The van der Waals surface area contributed by atoms with E-state index in [0.29, 0.717) is 13.0 Å². The number of hydrogen-bond acceptors (Lipinski definition) is 3. The molecule has 0 aliphatic carbocycles. The molecule has 0 aromatic rings. The molecule has 0 unspecified atom stereocenters. The Morgan fingerprint density at radius 2 is 0.750 bits per heavy atom. The molecule has 0 amide bonds. The van der Waals surface area contributed by atoms with Crippen molar-refractivity contribution in [2.45, 2.75) is 207 Å². The minimum atomic E-state index is -0.0437. The Kier molecular flexibility index (Phi) is 40.2. The van der Waals surface area contributed by atoms with Gasteiger partial charge in [-0.05, 0) is 97.1 Å². The molecule has 0 aliphatic heterocycles. The van der Waals surface area contributed by atoms with Gasteiger partial charge in [-0.2, -0.15) is 0 Å². The van der Waals surface area contributed by atoms with Crippen LogP contribution >= 0.6 is 0 Å². The van der Waals surface area contributed by atoms with E-state index in [-0.39, 0.29) is 5.97 Å². The third-order valence-electron chi connectivity index (χ3n) is 9.29. The van der Waals surface area contributed by atoms with Crippen molar-refractivity contribution in [2.75, 3.05) is 26.2 Å². The second kappa shape index (κ2) is 41.6. The number of nitrogens with zero attached hydrogens (tertiary/aromatic N) is 1. The highest BCUT2D eigenvalue weighted by atomic mass is 16.5. The fraction of sp³-hybridized carbons (Fsp3) is 0.800. The third kappa shape index (κ3) is 38.8. The van der Waals surface area contributed by atoms with Crippen LogP contribution in [0.15, 0.2) is 48.6 Å². The summed E-state index contributed by atoms with van der Waals surface area (Å²) >= 11 is 0.